The summed E-state index contributed by atoms with van der Waals surface area (Å²) >= 11 is 0. The lowest BCUT2D eigenvalue weighted by molar-refractivity contribution is -0.175. The van der Waals surface area contributed by atoms with Crippen molar-refractivity contribution >= 4 is 11.9 Å². The van der Waals surface area contributed by atoms with Crippen molar-refractivity contribution in [3.05, 3.63) is 0 Å². The van der Waals surface area contributed by atoms with E-state index in [1.54, 1.807) is 20.8 Å². The first-order chi connectivity index (χ1) is 10.4. The predicted molar refractivity (Wildman–Crippen MR) is 88.0 cm³/mol. The van der Waals surface area contributed by atoms with Crippen molar-refractivity contribution in [2.75, 3.05) is 39.8 Å². The fourth-order valence-corrected chi connectivity index (χ4v) is 2.24. The van der Waals surface area contributed by atoms with Crippen LogP contribution >= 0.6 is 0 Å². The highest BCUT2D eigenvalue weighted by molar-refractivity contribution is 5.84. The Balaban J connectivity index is 2.49. The number of nitrogens with zero attached hydrogens (tertiary/aromatic N) is 2. The van der Waals surface area contributed by atoms with Gasteiger partial charge in [0.1, 0.15) is 5.60 Å². The van der Waals surface area contributed by atoms with Gasteiger partial charge in [0, 0.05) is 26.2 Å². The number of piperazine rings is 1. The van der Waals surface area contributed by atoms with Crippen molar-refractivity contribution in [2.45, 2.75) is 51.9 Å². The van der Waals surface area contributed by atoms with Gasteiger partial charge in [-0.05, 0) is 41.7 Å². The maximum absolute atomic E-state index is 12.2. The predicted octanol–water partition coefficient (Wildman–Crippen LogP) is -0.169. The number of hydrogen-bond donors (Lipinski definition) is 2. The maximum Gasteiger partial charge on any atom is 0.340 e. The number of rotatable bonds is 5. The van der Waals surface area contributed by atoms with Gasteiger partial charge in [-0.3, -0.25) is 9.69 Å². The number of carbonyl (C=O) groups excluding carboxylic acids is 2. The summed E-state index contributed by atoms with van der Waals surface area (Å²) in [6, 6.07) is -0.293. The lowest BCUT2D eigenvalue weighted by Gasteiger charge is -2.36. The third-order valence-electron chi connectivity index (χ3n) is 3.91. The van der Waals surface area contributed by atoms with Gasteiger partial charge in [0.05, 0.1) is 12.6 Å². The molecule has 0 saturated carbocycles. The van der Waals surface area contributed by atoms with Crippen LogP contribution in [0.3, 0.4) is 0 Å². The molecule has 0 aromatic carbocycles. The van der Waals surface area contributed by atoms with Crippen LogP contribution in [0.1, 0.15) is 34.6 Å². The maximum atomic E-state index is 12.2. The fraction of sp³-hybridized carbons (Fsp3) is 0.875. The molecule has 7 heteroatoms. The Kier molecular flexibility index (Phi) is 6.56. The summed E-state index contributed by atoms with van der Waals surface area (Å²) in [6.07, 6.45) is 0. The van der Waals surface area contributed by atoms with Crippen molar-refractivity contribution in [1.29, 1.82) is 0 Å². The molecular formula is C16H31N3O4. The van der Waals surface area contributed by atoms with Gasteiger partial charge in [-0.15, -0.1) is 0 Å². The zero-order valence-corrected chi connectivity index (χ0v) is 15.2. The van der Waals surface area contributed by atoms with E-state index in [0.29, 0.717) is 0 Å². The average Bonchev–Trinajstić information content (AvgIpc) is 2.43. The highest BCUT2D eigenvalue weighted by Gasteiger charge is 2.36. The first-order valence-electron chi connectivity index (χ1n) is 8.08. The first-order valence-corrected chi connectivity index (χ1v) is 8.08. The molecule has 2 atom stereocenters. The summed E-state index contributed by atoms with van der Waals surface area (Å²) < 4.78 is 5.17. The molecule has 1 fully saturated rings. The lowest BCUT2D eigenvalue weighted by Crippen LogP contribution is -2.55. The van der Waals surface area contributed by atoms with E-state index in [2.05, 4.69) is 22.2 Å². The summed E-state index contributed by atoms with van der Waals surface area (Å²) in [7, 11) is 2.06. The van der Waals surface area contributed by atoms with Crippen molar-refractivity contribution in [3.63, 3.8) is 0 Å². The molecule has 1 aliphatic rings. The summed E-state index contributed by atoms with van der Waals surface area (Å²) in [5.74, 6) is -0.934. The van der Waals surface area contributed by atoms with Gasteiger partial charge in [0.15, 0.2) is 5.60 Å². The highest BCUT2D eigenvalue weighted by Crippen LogP contribution is 2.14. The number of nitrogens with one attached hydrogen (secondary N) is 1. The zero-order chi connectivity index (χ0) is 17.8. The molecule has 2 N–H and O–H groups in total. The molecule has 2 unspecified atom stereocenters. The number of amides is 1. The normalized spacial score (nSPS) is 21.3. The van der Waals surface area contributed by atoms with Gasteiger partial charge in [0.25, 0.3) is 0 Å². The molecule has 0 radical (unpaired) electrons. The summed E-state index contributed by atoms with van der Waals surface area (Å²) in [5, 5.41) is 12.9. The summed E-state index contributed by atoms with van der Waals surface area (Å²) in [4.78, 5) is 28.5. The van der Waals surface area contributed by atoms with E-state index >= 15 is 0 Å². The van der Waals surface area contributed by atoms with Crippen LogP contribution in [-0.4, -0.2) is 83.8 Å². The Labute approximate surface area is 139 Å². The van der Waals surface area contributed by atoms with Crippen LogP contribution in [0, 0.1) is 0 Å². The van der Waals surface area contributed by atoms with Crippen LogP contribution in [0.5, 0.6) is 0 Å². The Bertz CT molecular complexity index is 424. The molecule has 1 saturated heterocycles. The average molecular weight is 329 g/mol. The van der Waals surface area contributed by atoms with E-state index < -0.39 is 17.2 Å². The Morgan fingerprint density at radius 2 is 1.70 bits per heavy atom. The third-order valence-corrected chi connectivity index (χ3v) is 3.91. The van der Waals surface area contributed by atoms with Crippen molar-refractivity contribution in [3.8, 4) is 0 Å². The molecular weight excluding hydrogens is 298 g/mol. The highest BCUT2D eigenvalue weighted by atomic mass is 16.6. The minimum absolute atomic E-state index is 0.168. The number of ether oxygens (including phenoxy) is 1. The van der Waals surface area contributed by atoms with Crippen LogP contribution in [0.2, 0.25) is 0 Å². The summed E-state index contributed by atoms with van der Waals surface area (Å²) in [6.45, 7) is 11.7. The van der Waals surface area contributed by atoms with Gasteiger partial charge in [-0.1, -0.05) is 0 Å². The van der Waals surface area contributed by atoms with E-state index in [0.717, 1.165) is 26.2 Å². The van der Waals surface area contributed by atoms with E-state index in [9.17, 15) is 14.7 Å². The quantitative estimate of drug-likeness (QED) is 0.682. The molecule has 1 aliphatic heterocycles. The van der Waals surface area contributed by atoms with Crippen molar-refractivity contribution < 1.29 is 19.4 Å². The molecule has 0 bridgehead atoms. The van der Waals surface area contributed by atoms with Crippen LogP contribution < -0.4 is 5.32 Å². The molecule has 0 aromatic heterocycles. The van der Waals surface area contributed by atoms with Gasteiger partial charge in [0.2, 0.25) is 5.91 Å². The Morgan fingerprint density at radius 3 is 2.17 bits per heavy atom. The van der Waals surface area contributed by atoms with E-state index in [-0.39, 0.29) is 18.5 Å². The second kappa shape index (κ2) is 7.59. The smallest absolute Gasteiger partial charge is 0.340 e. The Morgan fingerprint density at radius 1 is 1.17 bits per heavy atom. The number of hydrogen-bond acceptors (Lipinski definition) is 6. The largest absolute Gasteiger partial charge is 0.458 e. The second-order valence-corrected chi connectivity index (χ2v) is 7.51. The van der Waals surface area contributed by atoms with Crippen molar-refractivity contribution in [2.24, 2.45) is 0 Å². The van der Waals surface area contributed by atoms with Crippen LogP contribution in [0.4, 0.5) is 0 Å². The molecule has 23 heavy (non-hydrogen) atoms. The number of aliphatic hydroxyl groups is 1. The van der Waals surface area contributed by atoms with Crippen LogP contribution in [-0.2, 0) is 14.3 Å². The van der Waals surface area contributed by atoms with Gasteiger partial charge in [-0.25, -0.2) is 4.79 Å². The van der Waals surface area contributed by atoms with Gasteiger partial charge >= 0.3 is 5.97 Å². The summed E-state index contributed by atoms with van der Waals surface area (Å²) in [5.41, 5.74) is -2.43. The van der Waals surface area contributed by atoms with Crippen LogP contribution in [0.15, 0.2) is 0 Å². The lowest BCUT2D eigenvalue weighted by atomic mass is 10.1. The molecule has 1 rings (SSSR count). The Hall–Kier alpha value is -1.18. The van der Waals surface area contributed by atoms with E-state index in [1.165, 1.54) is 6.92 Å². The minimum Gasteiger partial charge on any atom is -0.458 e. The monoisotopic (exact) mass is 329 g/mol. The SMILES string of the molecule is CC(C(=O)NCC(C)(O)C(=O)OC(C)(C)C)N1CCN(C)CC1. The molecule has 0 aromatic rings. The number of carbonyl (C=O) groups is 2. The zero-order valence-electron chi connectivity index (χ0n) is 15.2. The fourth-order valence-electron chi connectivity index (χ4n) is 2.24. The standard InChI is InChI=1S/C16H31N3O4/c1-12(19-9-7-18(6)8-10-19)13(20)17-11-16(5,22)14(21)23-15(2,3)4/h12,22H,7-11H2,1-6H3,(H,17,20). The molecule has 1 amide bonds. The van der Waals surface area contributed by atoms with Gasteiger partial charge in [-0.2, -0.15) is 0 Å². The van der Waals surface area contributed by atoms with Crippen molar-refractivity contribution in [1.82, 2.24) is 15.1 Å². The molecule has 0 spiro atoms. The first kappa shape index (κ1) is 19.9. The van der Waals surface area contributed by atoms with E-state index in [4.69, 9.17) is 4.74 Å². The van der Waals surface area contributed by atoms with E-state index in [1.807, 2.05) is 6.92 Å². The van der Waals surface area contributed by atoms with Crippen LogP contribution in [0.25, 0.3) is 0 Å². The molecule has 1 heterocycles. The second-order valence-electron chi connectivity index (χ2n) is 7.51. The molecule has 0 aliphatic carbocycles. The number of esters is 1. The van der Waals surface area contributed by atoms with Gasteiger partial charge < -0.3 is 20.1 Å². The molecule has 134 valence electrons. The number of likely N-dealkylation sites (N-methyl/N-ethyl adjacent to an activating group) is 1. The topological polar surface area (TPSA) is 82.1 Å². The molecule has 7 nitrogen and oxygen atoms in total. The minimum atomic E-state index is -1.75. The third kappa shape index (κ3) is 6.45.